The number of hydrogen-bond acceptors (Lipinski definition) is 8. The zero-order valence-electron chi connectivity index (χ0n) is 20.1. The number of piperidine rings is 1. The van der Waals surface area contributed by atoms with Gasteiger partial charge < -0.3 is 30.4 Å². The molecule has 1 fully saturated rings. The highest BCUT2D eigenvalue weighted by Crippen LogP contribution is 2.26. The van der Waals surface area contributed by atoms with Gasteiger partial charge in [-0.2, -0.15) is 4.72 Å². The van der Waals surface area contributed by atoms with Crippen molar-refractivity contribution in [2.24, 2.45) is 5.92 Å². The molecule has 3 atom stereocenters. The summed E-state index contributed by atoms with van der Waals surface area (Å²) < 4.78 is 34.2. The first-order valence-corrected chi connectivity index (χ1v) is 13.5. The summed E-state index contributed by atoms with van der Waals surface area (Å²) in [5.74, 6) is 0.244. The first-order chi connectivity index (χ1) is 17.2. The molecule has 2 aliphatic rings. The van der Waals surface area contributed by atoms with Crippen molar-refractivity contribution in [1.29, 1.82) is 0 Å². The van der Waals surface area contributed by atoms with Crippen molar-refractivity contribution in [3.63, 3.8) is 0 Å². The number of H-pyrrole nitrogens is 1. The molecule has 0 saturated carbocycles. The number of fused-ring (bicyclic) bond motifs is 1. The third-order valence-corrected chi connectivity index (χ3v) is 7.98. The number of carbonyl (C=O) groups is 2. The van der Waals surface area contributed by atoms with Crippen LogP contribution < -0.4 is 15.4 Å². The van der Waals surface area contributed by atoms with Gasteiger partial charge in [0.1, 0.15) is 6.04 Å². The SMILES string of the molecule is C[C@@H]1CCN(C(=O)[C@H](CCCNc2ncc[nH]2)NS(=O)(=O)c2ccc3c(c2)CNC3)[C@H](OC(=O)O)C1. The number of ether oxygens (including phenoxy) is 1. The third-order valence-electron chi connectivity index (χ3n) is 6.51. The number of benzene rings is 1. The van der Waals surface area contributed by atoms with Gasteiger partial charge in [0.25, 0.3) is 0 Å². The molecule has 2 aliphatic heterocycles. The van der Waals surface area contributed by atoms with Gasteiger partial charge >= 0.3 is 6.16 Å². The zero-order valence-corrected chi connectivity index (χ0v) is 20.9. The van der Waals surface area contributed by atoms with Crippen molar-refractivity contribution in [3.8, 4) is 0 Å². The fraction of sp³-hybridized carbons (Fsp3) is 0.522. The van der Waals surface area contributed by atoms with Crippen molar-refractivity contribution in [2.45, 2.75) is 62.9 Å². The molecule has 0 unspecified atom stereocenters. The van der Waals surface area contributed by atoms with Crippen molar-refractivity contribution in [2.75, 3.05) is 18.4 Å². The van der Waals surface area contributed by atoms with Crippen LogP contribution in [0.4, 0.5) is 10.7 Å². The minimum absolute atomic E-state index is 0.0852. The highest BCUT2D eigenvalue weighted by Gasteiger charge is 2.37. The summed E-state index contributed by atoms with van der Waals surface area (Å²) in [4.78, 5) is 33.3. The first-order valence-electron chi connectivity index (χ1n) is 12.0. The van der Waals surface area contributed by atoms with E-state index in [1.807, 2.05) is 6.92 Å². The lowest BCUT2D eigenvalue weighted by Crippen LogP contribution is -2.55. The third kappa shape index (κ3) is 6.33. The number of sulfonamides is 1. The Morgan fingerprint density at radius 2 is 2.11 bits per heavy atom. The molecular formula is C23H32N6O6S. The number of anilines is 1. The van der Waals surface area contributed by atoms with Crippen molar-refractivity contribution in [1.82, 2.24) is 24.9 Å². The quantitative estimate of drug-likeness (QED) is 0.232. The number of likely N-dealkylation sites (tertiary alicyclic amines) is 1. The van der Waals surface area contributed by atoms with E-state index in [1.165, 1.54) is 11.0 Å². The molecular weight excluding hydrogens is 488 g/mol. The number of aromatic nitrogens is 2. The lowest BCUT2D eigenvalue weighted by atomic mass is 9.96. The topological polar surface area (TPSA) is 166 Å². The molecule has 13 heteroatoms. The lowest BCUT2D eigenvalue weighted by molar-refractivity contribution is -0.149. The normalized spacial score (nSPS) is 20.5. The smallest absolute Gasteiger partial charge is 0.450 e. The molecule has 4 rings (SSSR count). The summed E-state index contributed by atoms with van der Waals surface area (Å²) in [5.41, 5.74) is 1.95. The van der Waals surface area contributed by atoms with Crippen LogP contribution in [0.15, 0.2) is 35.5 Å². The molecule has 196 valence electrons. The van der Waals surface area contributed by atoms with Gasteiger partial charge in [0.05, 0.1) is 4.90 Å². The van der Waals surface area contributed by atoms with Crippen molar-refractivity contribution >= 4 is 28.0 Å². The maximum Gasteiger partial charge on any atom is 0.507 e. The standard InChI is InChI=1S/C23H32N6O6S/c1-15-6-10-29(20(11-15)35-23(31)32)21(30)19(3-2-7-25-22-26-8-9-27-22)28-36(33,34)18-5-4-16-13-24-14-17(16)12-18/h4-5,8-9,12,15,19-20,24,28H,2-3,6-7,10-11,13-14H2,1H3,(H,31,32)(H2,25,26,27)/t15-,19+,20-/m1/s1. The molecule has 1 aromatic heterocycles. The number of carboxylic acid groups (broad SMARTS) is 1. The van der Waals surface area contributed by atoms with E-state index in [0.717, 1.165) is 11.1 Å². The Morgan fingerprint density at radius 1 is 1.31 bits per heavy atom. The van der Waals surface area contributed by atoms with Crippen molar-refractivity contribution in [3.05, 3.63) is 41.7 Å². The average Bonchev–Trinajstić information content (AvgIpc) is 3.52. The van der Waals surface area contributed by atoms with E-state index in [2.05, 4.69) is 25.3 Å². The van der Waals surface area contributed by atoms with Crippen molar-refractivity contribution < 1.29 is 27.9 Å². The Hall–Kier alpha value is -3.16. The maximum atomic E-state index is 13.6. The predicted octanol–water partition coefficient (Wildman–Crippen LogP) is 1.83. The molecule has 36 heavy (non-hydrogen) atoms. The Balaban J connectivity index is 1.51. The van der Waals surface area contributed by atoms with Crippen LogP contribution in [0.1, 0.15) is 43.7 Å². The van der Waals surface area contributed by atoms with Gasteiger partial charge in [-0.1, -0.05) is 13.0 Å². The van der Waals surface area contributed by atoms with E-state index in [9.17, 15) is 23.1 Å². The fourth-order valence-corrected chi connectivity index (χ4v) is 5.85. The molecule has 2 aromatic rings. The molecule has 1 aromatic carbocycles. The number of nitrogens with one attached hydrogen (secondary N) is 4. The van der Waals surface area contributed by atoms with E-state index in [1.54, 1.807) is 24.5 Å². The van der Waals surface area contributed by atoms with Crippen LogP contribution in [0.2, 0.25) is 0 Å². The summed E-state index contributed by atoms with van der Waals surface area (Å²) in [6.07, 6.45) is 2.53. The molecule has 0 spiro atoms. The first kappa shape index (κ1) is 25.9. The molecule has 3 heterocycles. The van der Waals surface area contributed by atoms with E-state index in [4.69, 9.17) is 4.74 Å². The number of hydrogen-bond donors (Lipinski definition) is 5. The largest absolute Gasteiger partial charge is 0.507 e. The van der Waals surface area contributed by atoms with E-state index < -0.39 is 34.4 Å². The van der Waals surface area contributed by atoms with Crippen LogP contribution in [-0.4, -0.2) is 65.8 Å². The number of carbonyl (C=O) groups excluding carboxylic acids is 1. The minimum Gasteiger partial charge on any atom is -0.450 e. The van der Waals surface area contributed by atoms with Gasteiger partial charge in [0.15, 0.2) is 12.2 Å². The number of rotatable bonds is 10. The number of aromatic amines is 1. The highest BCUT2D eigenvalue weighted by atomic mass is 32.2. The van der Waals surface area contributed by atoms with E-state index in [-0.39, 0.29) is 23.8 Å². The van der Waals surface area contributed by atoms with Crippen LogP contribution in [0, 0.1) is 5.92 Å². The van der Waals surface area contributed by atoms with Crippen LogP contribution >= 0.6 is 0 Å². The fourth-order valence-electron chi connectivity index (χ4n) is 4.57. The lowest BCUT2D eigenvalue weighted by Gasteiger charge is -2.38. The Labute approximate surface area is 209 Å². The Kier molecular flexibility index (Phi) is 8.11. The van der Waals surface area contributed by atoms with Gasteiger partial charge in [-0.25, -0.2) is 18.2 Å². The highest BCUT2D eigenvalue weighted by molar-refractivity contribution is 7.89. The summed E-state index contributed by atoms with van der Waals surface area (Å²) in [7, 11) is -4.02. The molecule has 1 saturated heterocycles. The van der Waals surface area contributed by atoms with Gasteiger partial charge in [0, 0.05) is 45.0 Å². The summed E-state index contributed by atoms with van der Waals surface area (Å²) in [6, 6.07) is 3.84. The van der Waals surface area contributed by atoms with Gasteiger partial charge in [-0.05, 0) is 48.4 Å². The molecule has 12 nitrogen and oxygen atoms in total. The van der Waals surface area contributed by atoms with Gasteiger partial charge in [-0.3, -0.25) is 4.79 Å². The minimum atomic E-state index is -4.02. The monoisotopic (exact) mass is 520 g/mol. The Morgan fingerprint density at radius 3 is 2.86 bits per heavy atom. The molecule has 0 aliphatic carbocycles. The number of imidazole rings is 1. The maximum absolute atomic E-state index is 13.6. The van der Waals surface area contributed by atoms with Gasteiger partial charge in [0.2, 0.25) is 15.9 Å². The molecule has 5 N–H and O–H groups in total. The second-order valence-electron chi connectivity index (χ2n) is 9.21. The summed E-state index contributed by atoms with van der Waals surface area (Å²) in [5, 5.41) is 15.4. The van der Waals surface area contributed by atoms with Gasteiger partial charge in [-0.15, -0.1) is 0 Å². The predicted molar refractivity (Wildman–Crippen MR) is 130 cm³/mol. The average molecular weight is 521 g/mol. The van der Waals surface area contributed by atoms with E-state index >= 15 is 0 Å². The van der Waals surface area contributed by atoms with Crippen LogP contribution in [0.3, 0.4) is 0 Å². The summed E-state index contributed by atoms with van der Waals surface area (Å²) >= 11 is 0. The molecule has 1 amide bonds. The number of amides is 1. The molecule has 0 radical (unpaired) electrons. The van der Waals surface area contributed by atoms with Crippen LogP contribution in [0.25, 0.3) is 0 Å². The van der Waals surface area contributed by atoms with Crippen LogP contribution in [-0.2, 0) is 32.6 Å². The van der Waals surface area contributed by atoms with Crippen LogP contribution in [0.5, 0.6) is 0 Å². The number of nitrogens with zero attached hydrogens (tertiary/aromatic N) is 2. The molecule has 0 bridgehead atoms. The zero-order chi connectivity index (χ0) is 25.7. The Bertz CT molecular complexity index is 1170. The van der Waals surface area contributed by atoms with E-state index in [0.29, 0.717) is 44.8 Å². The second-order valence-corrected chi connectivity index (χ2v) is 10.9. The second kappa shape index (κ2) is 11.3. The summed E-state index contributed by atoms with van der Waals surface area (Å²) in [6.45, 7) is 3.97.